The highest BCUT2D eigenvalue weighted by Gasteiger charge is 2.22. The Balaban J connectivity index is 2.08. The lowest BCUT2D eigenvalue weighted by molar-refractivity contribution is -0.131. The van der Waals surface area contributed by atoms with E-state index in [9.17, 15) is 4.79 Å². The summed E-state index contributed by atoms with van der Waals surface area (Å²) in [6, 6.07) is 0.0507. The summed E-state index contributed by atoms with van der Waals surface area (Å²) in [7, 11) is 1.85. The second-order valence-electron chi connectivity index (χ2n) is 4.90. The van der Waals surface area contributed by atoms with Crippen molar-refractivity contribution in [1.82, 2.24) is 14.9 Å². The minimum absolute atomic E-state index is 0.0507. The predicted octanol–water partition coefficient (Wildman–Crippen LogP) is 3.29. The van der Waals surface area contributed by atoms with Crippen LogP contribution in [0, 0.1) is 20.8 Å². The molecule has 0 bridgehead atoms. The molecular formula is C14H19N3OS2. The average molecular weight is 309 g/mol. The second-order valence-corrected chi connectivity index (χ2v) is 7.46. The number of rotatable bonds is 4. The number of thiazole rings is 2. The molecule has 0 fully saturated rings. The molecule has 20 heavy (non-hydrogen) atoms. The number of amides is 1. The fraction of sp³-hybridized carbons (Fsp3) is 0.500. The largest absolute Gasteiger partial charge is 0.338 e. The fourth-order valence-corrected chi connectivity index (χ4v) is 3.86. The summed E-state index contributed by atoms with van der Waals surface area (Å²) in [5.41, 5.74) is 1.02. The number of hydrogen-bond acceptors (Lipinski definition) is 5. The van der Waals surface area contributed by atoms with Crippen LogP contribution in [0.5, 0.6) is 0 Å². The van der Waals surface area contributed by atoms with E-state index in [1.54, 1.807) is 27.6 Å². The van der Waals surface area contributed by atoms with Crippen molar-refractivity contribution >= 4 is 28.6 Å². The van der Waals surface area contributed by atoms with Crippen LogP contribution < -0.4 is 0 Å². The maximum Gasteiger partial charge on any atom is 0.229 e. The summed E-state index contributed by atoms with van der Waals surface area (Å²) in [6.45, 7) is 8.04. The summed E-state index contributed by atoms with van der Waals surface area (Å²) in [6.07, 6.45) is 2.18. The lowest BCUT2D eigenvalue weighted by Crippen LogP contribution is -2.30. The van der Waals surface area contributed by atoms with Crippen molar-refractivity contribution in [2.24, 2.45) is 0 Å². The number of aromatic nitrogens is 2. The molecule has 0 unspecified atom stereocenters. The van der Waals surface area contributed by atoms with Crippen LogP contribution in [0.15, 0.2) is 6.20 Å². The third kappa shape index (κ3) is 3.24. The van der Waals surface area contributed by atoms with Crippen molar-refractivity contribution in [3.8, 4) is 0 Å². The van der Waals surface area contributed by atoms with Gasteiger partial charge in [0, 0.05) is 23.0 Å². The van der Waals surface area contributed by atoms with Gasteiger partial charge in [0.2, 0.25) is 5.91 Å². The number of aryl methyl sites for hydroxylation is 3. The van der Waals surface area contributed by atoms with E-state index < -0.39 is 0 Å². The molecule has 0 saturated carbocycles. The maximum atomic E-state index is 12.3. The Kier molecular flexibility index (Phi) is 4.55. The Labute approximate surface area is 127 Å². The van der Waals surface area contributed by atoms with Gasteiger partial charge in [-0.05, 0) is 27.7 Å². The summed E-state index contributed by atoms with van der Waals surface area (Å²) in [4.78, 5) is 25.1. The van der Waals surface area contributed by atoms with Crippen LogP contribution in [0.4, 0.5) is 0 Å². The number of carbonyl (C=O) groups is 1. The zero-order chi connectivity index (χ0) is 14.9. The van der Waals surface area contributed by atoms with E-state index in [4.69, 9.17) is 0 Å². The molecule has 108 valence electrons. The maximum absolute atomic E-state index is 12.3. The van der Waals surface area contributed by atoms with Crippen LogP contribution in [0.3, 0.4) is 0 Å². The lowest BCUT2D eigenvalue weighted by atomic mass is 10.2. The normalized spacial score (nSPS) is 12.4. The van der Waals surface area contributed by atoms with Gasteiger partial charge < -0.3 is 4.90 Å². The first-order chi connectivity index (χ1) is 9.38. The average Bonchev–Trinajstić information content (AvgIpc) is 2.93. The lowest BCUT2D eigenvalue weighted by Gasteiger charge is -2.24. The van der Waals surface area contributed by atoms with Crippen molar-refractivity contribution in [3.05, 3.63) is 31.7 Å². The van der Waals surface area contributed by atoms with Gasteiger partial charge in [-0.15, -0.1) is 22.7 Å². The minimum Gasteiger partial charge on any atom is -0.338 e. The molecule has 0 aliphatic heterocycles. The van der Waals surface area contributed by atoms with Crippen LogP contribution in [0.1, 0.15) is 38.4 Å². The summed E-state index contributed by atoms with van der Waals surface area (Å²) in [5, 5.41) is 1.92. The Morgan fingerprint density at radius 2 is 2.05 bits per heavy atom. The fourth-order valence-electron chi connectivity index (χ4n) is 2.06. The topological polar surface area (TPSA) is 46.1 Å². The van der Waals surface area contributed by atoms with Gasteiger partial charge in [0.05, 0.1) is 23.2 Å². The van der Waals surface area contributed by atoms with Gasteiger partial charge in [-0.3, -0.25) is 4.79 Å². The Morgan fingerprint density at radius 1 is 1.35 bits per heavy atom. The Bertz CT molecular complexity index is 618. The van der Waals surface area contributed by atoms with Crippen LogP contribution in [0.2, 0.25) is 0 Å². The molecule has 0 radical (unpaired) electrons. The van der Waals surface area contributed by atoms with E-state index in [0.29, 0.717) is 6.42 Å². The number of carbonyl (C=O) groups excluding carboxylic acids is 1. The van der Waals surface area contributed by atoms with Crippen LogP contribution in [-0.4, -0.2) is 27.8 Å². The zero-order valence-corrected chi connectivity index (χ0v) is 14.1. The van der Waals surface area contributed by atoms with Gasteiger partial charge in [-0.2, -0.15) is 0 Å². The molecule has 6 heteroatoms. The summed E-state index contributed by atoms with van der Waals surface area (Å²) < 4.78 is 0. The van der Waals surface area contributed by atoms with Crippen molar-refractivity contribution in [3.63, 3.8) is 0 Å². The molecule has 0 spiro atoms. The molecular weight excluding hydrogens is 290 g/mol. The molecule has 0 N–H and O–H groups in total. The molecule has 0 aliphatic carbocycles. The molecule has 2 rings (SSSR count). The quantitative estimate of drug-likeness (QED) is 0.870. The van der Waals surface area contributed by atoms with Crippen molar-refractivity contribution in [2.75, 3.05) is 7.05 Å². The Morgan fingerprint density at radius 3 is 2.55 bits per heavy atom. The standard InChI is InChI=1S/C14H19N3OS2/c1-8-7-15-12(19-8)6-13(18)17(5)10(3)14-9(2)16-11(4)20-14/h7,10H,6H2,1-5H3/t10-/m0/s1. The van der Waals surface area contributed by atoms with E-state index in [1.165, 1.54) is 0 Å². The summed E-state index contributed by atoms with van der Waals surface area (Å²) >= 11 is 3.24. The first-order valence-corrected chi connectivity index (χ1v) is 8.12. The number of likely N-dealkylation sites (N-methyl/N-ethyl adjacent to an activating group) is 1. The monoisotopic (exact) mass is 309 g/mol. The van der Waals surface area contributed by atoms with Gasteiger partial charge in [0.1, 0.15) is 5.01 Å². The molecule has 1 amide bonds. The molecule has 1 atom stereocenters. The molecule has 0 aliphatic rings. The van der Waals surface area contributed by atoms with Crippen LogP contribution in [-0.2, 0) is 11.2 Å². The van der Waals surface area contributed by atoms with E-state index in [2.05, 4.69) is 9.97 Å². The van der Waals surface area contributed by atoms with E-state index in [0.717, 1.165) is 25.5 Å². The highest BCUT2D eigenvalue weighted by atomic mass is 32.1. The van der Waals surface area contributed by atoms with Gasteiger partial charge >= 0.3 is 0 Å². The third-order valence-corrected chi connectivity index (χ3v) is 5.42. The molecule has 2 aromatic rings. The van der Waals surface area contributed by atoms with Gasteiger partial charge in [-0.25, -0.2) is 9.97 Å². The Hall–Kier alpha value is -1.27. The minimum atomic E-state index is 0.0507. The SMILES string of the molecule is Cc1cnc(CC(=O)N(C)[C@@H](C)c2sc(C)nc2C)s1. The van der Waals surface area contributed by atoms with Gasteiger partial charge in [0.25, 0.3) is 0 Å². The van der Waals surface area contributed by atoms with Crippen LogP contribution >= 0.6 is 22.7 Å². The zero-order valence-electron chi connectivity index (χ0n) is 12.4. The first-order valence-electron chi connectivity index (χ1n) is 6.49. The molecule has 0 aromatic carbocycles. The highest BCUT2D eigenvalue weighted by Crippen LogP contribution is 2.28. The molecule has 0 saturated heterocycles. The highest BCUT2D eigenvalue weighted by molar-refractivity contribution is 7.12. The van der Waals surface area contributed by atoms with Crippen molar-refractivity contribution < 1.29 is 4.79 Å². The third-order valence-electron chi connectivity index (χ3n) is 3.26. The van der Waals surface area contributed by atoms with Gasteiger partial charge in [0.15, 0.2) is 0 Å². The molecule has 4 nitrogen and oxygen atoms in total. The predicted molar refractivity (Wildman–Crippen MR) is 83.3 cm³/mol. The first kappa shape index (κ1) is 15.1. The van der Waals surface area contributed by atoms with E-state index in [1.807, 2.05) is 40.9 Å². The second kappa shape index (κ2) is 6.01. The number of nitrogens with zero attached hydrogens (tertiary/aromatic N) is 3. The van der Waals surface area contributed by atoms with Gasteiger partial charge in [-0.1, -0.05) is 0 Å². The van der Waals surface area contributed by atoms with Crippen molar-refractivity contribution in [1.29, 1.82) is 0 Å². The van der Waals surface area contributed by atoms with Crippen LogP contribution in [0.25, 0.3) is 0 Å². The van der Waals surface area contributed by atoms with E-state index >= 15 is 0 Å². The smallest absolute Gasteiger partial charge is 0.229 e. The summed E-state index contributed by atoms with van der Waals surface area (Å²) in [5.74, 6) is 0.0947. The number of hydrogen-bond donors (Lipinski definition) is 0. The molecule has 2 heterocycles. The van der Waals surface area contributed by atoms with Crippen molar-refractivity contribution in [2.45, 2.75) is 40.2 Å². The molecule has 2 aromatic heterocycles. The van der Waals surface area contributed by atoms with E-state index in [-0.39, 0.29) is 11.9 Å².